The zero-order valence-corrected chi connectivity index (χ0v) is 13.5. The van der Waals surface area contributed by atoms with E-state index in [0.717, 1.165) is 27.8 Å². The third kappa shape index (κ3) is 2.44. The number of aromatic hydroxyl groups is 1. The molecule has 0 bridgehead atoms. The SMILES string of the molecule is COc1cc(-c2cn(-c3ccccc3)c3ncnc(N)c23)ccc1O. The zero-order chi connectivity index (χ0) is 17.4. The van der Waals surface area contributed by atoms with Crippen LogP contribution in [-0.2, 0) is 0 Å². The first-order valence-corrected chi connectivity index (χ1v) is 7.73. The zero-order valence-electron chi connectivity index (χ0n) is 13.5. The number of methoxy groups -OCH3 is 1. The number of phenols is 1. The Bertz CT molecular complexity index is 1060. The first-order chi connectivity index (χ1) is 12.2. The van der Waals surface area contributed by atoms with Crippen molar-refractivity contribution < 1.29 is 9.84 Å². The van der Waals surface area contributed by atoms with E-state index in [1.54, 1.807) is 12.1 Å². The number of benzene rings is 2. The van der Waals surface area contributed by atoms with E-state index in [9.17, 15) is 5.11 Å². The van der Waals surface area contributed by atoms with Crippen LogP contribution in [0.4, 0.5) is 5.82 Å². The average Bonchev–Trinajstić information content (AvgIpc) is 3.04. The molecule has 0 radical (unpaired) electrons. The topological polar surface area (TPSA) is 86.2 Å². The lowest BCUT2D eigenvalue weighted by Crippen LogP contribution is -1.96. The van der Waals surface area contributed by atoms with Gasteiger partial charge in [0.05, 0.1) is 12.5 Å². The van der Waals surface area contributed by atoms with Crippen LogP contribution in [0.15, 0.2) is 61.1 Å². The minimum Gasteiger partial charge on any atom is -0.504 e. The van der Waals surface area contributed by atoms with Crippen molar-refractivity contribution in [1.82, 2.24) is 14.5 Å². The van der Waals surface area contributed by atoms with Crippen molar-refractivity contribution in [2.75, 3.05) is 12.8 Å². The summed E-state index contributed by atoms with van der Waals surface area (Å²) in [6, 6.07) is 15.1. The van der Waals surface area contributed by atoms with Crippen LogP contribution in [0.3, 0.4) is 0 Å². The number of para-hydroxylation sites is 1. The predicted molar refractivity (Wildman–Crippen MR) is 96.9 cm³/mol. The molecular formula is C19H16N4O2. The number of ether oxygens (including phenoxy) is 1. The van der Waals surface area contributed by atoms with Crippen LogP contribution in [0.5, 0.6) is 11.5 Å². The Morgan fingerprint density at radius 3 is 2.64 bits per heavy atom. The molecule has 2 aromatic carbocycles. The van der Waals surface area contributed by atoms with Gasteiger partial charge in [-0.05, 0) is 29.8 Å². The minimum absolute atomic E-state index is 0.0854. The Morgan fingerprint density at radius 2 is 1.88 bits per heavy atom. The Kier molecular flexibility index (Phi) is 3.50. The Morgan fingerprint density at radius 1 is 1.08 bits per heavy atom. The van der Waals surface area contributed by atoms with E-state index in [4.69, 9.17) is 10.5 Å². The molecular weight excluding hydrogens is 316 g/mol. The van der Waals surface area contributed by atoms with Gasteiger partial charge in [0.2, 0.25) is 0 Å². The normalized spacial score (nSPS) is 10.9. The summed E-state index contributed by atoms with van der Waals surface area (Å²) in [5.41, 5.74) is 9.57. The number of hydrogen-bond acceptors (Lipinski definition) is 5. The molecule has 0 saturated carbocycles. The van der Waals surface area contributed by atoms with Gasteiger partial charge >= 0.3 is 0 Å². The number of hydrogen-bond donors (Lipinski definition) is 2. The van der Waals surface area contributed by atoms with Gasteiger partial charge in [0.25, 0.3) is 0 Å². The van der Waals surface area contributed by atoms with Crippen molar-refractivity contribution >= 4 is 16.9 Å². The number of nitrogens with zero attached hydrogens (tertiary/aromatic N) is 3. The highest BCUT2D eigenvalue weighted by atomic mass is 16.5. The molecule has 6 heteroatoms. The number of nitrogen functional groups attached to an aromatic ring is 1. The lowest BCUT2D eigenvalue weighted by molar-refractivity contribution is 0.373. The van der Waals surface area contributed by atoms with Gasteiger partial charge in [-0.15, -0.1) is 0 Å². The van der Waals surface area contributed by atoms with E-state index in [2.05, 4.69) is 9.97 Å². The lowest BCUT2D eigenvalue weighted by Gasteiger charge is -2.06. The van der Waals surface area contributed by atoms with Gasteiger partial charge in [0.1, 0.15) is 12.1 Å². The fourth-order valence-corrected chi connectivity index (χ4v) is 2.93. The summed E-state index contributed by atoms with van der Waals surface area (Å²) < 4.78 is 7.20. The number of aromatic nitrogens is 3. The molecule has 124 valence electrons. The Labute approximate surface area is 144 Å². The Hall–Kier alpha value is -3.54. The van der Waals surface area contributed by atoms with Gasteiger partial charge in [-0.2, -0.15) is 0 Å². The van der Waals surface area contributed by atoms with Gasteiger partial charge in [-0.1, -0.05) is 24.3 Å². The third-order valence-corrected chi connectivity index (χ3v) is 4.14. The maximum atomic E-state index is 9.85. The Balaban J connectivity index is 2.02. The summed E-state index contributed by atoms with van der Waals surface area (Å²) in [5, 5.41) is 10.6. The number of phenolic OH excluding ortho intramolecular Hbond substituents is 1. The van der Waals surface area contributed by atoms with Crippen molar-refractivity contribution in [2.45, 2.75) is 0 Å². The second-order valence-electron chi connectivity index (χ2n) is 5.59. The summed E-state index contributed by atoms with van der Waals surface area (Å²) in [6.07, 6.45) is 3.43. The van der Waals surface area contributed by atoms with Crippen LogP contribution in [0.1, 0.15) is 0 Å². The highest BCUT2D eigenvalue weighted by Crippen LogP contribution is 2.37. The quantitative estimate of drug-likeness (QED) is 0.600. The highest BCUT2D eigenvalue weighted by molar-refractivity contribution is 6.01. The second-order valence-corrected chi connectivity index (χ2v) is 5.59. The molecule has 0 spiro atoms. The second kappa shape index (κ2) is 5.83. The molecule has 0 atom stereocenters. The fraction of sp³-hybridized carbons (Fsp3) is 0.0526. The lowest BCUT2D eigenvalue weighted by atomic mass is 10.1. The van der Waals surface area contributed by atoms with Crippen LogP contribution < -0.4 is 10.5 Å². The largest absolute Gasteiger partial charge is 0.504 e. The molecule has 0 unspecified atom stereocenters. The molecule has 0 aliphatic rings. The number of rotatable bonds is 3. The fourth-order valence-electron chi connectivity index (χ4n) is 2.93. The molecule has 0 aliphatic heterocycles. The standard InChI is InChI=1S/C19H16N4O2/c1-25-16-9-12(7-8-15(16)24)14-10-23(13-5-3-2-4-6-13)19-17(14)18(20)21-11-22-19/h2-11,24H,1H3,(H2,20,21,22). The summed E-state index contributed by atoms with van der Waals surface area (Å²) in [4.78, 5) is 8.55. The molecule has 0 amide bonds. The maximum Gasteiger partial charge on any atom is 0.161 e. The van der Waals surface area contributed by atoms with Gasteiger partial charge < -0.3 is 20.1 Å². The molecule has 2 aromatic heterocycles. The van der Waals surface area contributed by atoms with E-state index < -0.39 is 0 Å². The van der Waals surface area contributed by atoms with Gasteiger partial charge in [-0.3, -0.25) is 0 Å². The van der Waals surface area contributed by atoms with Gasteiger partial charge in [0.15, 0.2) is 17.1 Å². The van der Waals surface area contributed by atoms with Crippen LogP contribution in [0.25, 0.3) is 27.8 Å². The number of nitrogens with two attached hydrogens (primary N) is 1. The first-order valence-electron chi connectivity index (χ1n) is 7.73. The van der Waals surface area contributed by atoms with Crippen LogP contribution in [0, 0.1) is 0 Å². The van der Waals surface area contributed by atoms with E-state index >= 15 is 0 Å². The maximum absolute atomic E-state index is 9.85. The monoisotopic (exact) mass is 332 g/mol. The summed E-state index contributed by atoms with van der Waals surface area (Å²) >= 11 is 0. The minimum atomic E-state index is 0.0854. The van der Waals surface area contributed by atoms with Crippen molar-refractivity contribution in [3.63, 3.8) is 0 Å². The molecule has 4 rings (SSSR count). The van der Waals surface area contributed by atoms with Gasteiger partial charge in [-0.25, -0.2) is 9.97 Å². The summed E-state index contributed by atoms with van der Waals surface area (Å²) in [5.74, 6) is 0.887. The van der Waals surface area contributed by atoms with Crippen LogP contribution in [-0.4, -0.2) is 26.8 Å². The molecule has 0 fully saturated rings. The summed E-state index contributed by atoms with van der Waals surface area (Å²) in [6.45, 7) is 0. The van der Waals surface area contributed by atoms with E-state index in [1.807, 2.05) is 47.2 Å². The molecule has 0 saturated heterocycles. The van der Waals surface area contributed by atoms with Crippen molar-refractivity contribution in [2.24, 2.45) is 0 Å². The van der Waals surface area contributed by atoms with Crippen molar-refractivity contribution in [3.05, 3.63) is 61.1 Å². The molecule has 6 nitrogen and oxygen atoms in total. The van der Waals surface area contributed by atoms with Crippen LogP contribution >= 0.6 is 0 Å². The third-order valence-electron chi connectivity index (χ3n) is 4.14. The van der Waals surface area contributed by atoms with Crippen molar-refractivity contribution in [1.29, 1.82) is 0 Å². The molecule has 2 heterocycles. The molecule has 25 heavy (non-hydrogen) atoms. The first kappa shape index (κ1) is 15.0. The number of fused-ring (bicyclic) bond motifs is 1. The number of anilines is 1. The molecule has 4 aromatic rings. The average molecular weight is 332 g/mol. The van der Waals surface area contributed by atoms with Crippen LogP contribution in [0.2, 0.25) is 0 Å². The van der Waals surface area contributed by atoms with E-state index in [0.29, 0.717) is 11.6 Å². The molecule has 0 aliphatic carbocycles. The van der Waals surface area contributed by atoms with E-state index in [-0.39, 0.29) is 5.75 Å². The van der Waals surface area contributed by atoms with Gasteiger partial charge in [0, 0.05) is 17.4 Å². The molecule has 3 N–H and O–H groups in total. The smallest absolute Gasteiger partial charge is 0.161 e. The highest BCUT2D eigenvalue weighted by Gasteiger charge is 2.17. The van der Waals surface area contributed by atoms with E-state index in [1.165, 1.54) is 13.4 Å². The summed E-state index contributed by atoms with van der Waals surface area (Å²) in [7, 11) is 1.52. The predicted octanol–water partition coefficient (Wildman–Crippen LogP) is 3.38. The van der Waals surface area contributed by atoms with Crippen molar-refractivity contribution in [3.8, 4) is 28.3 Å².